The van der Waals surface area contributed by atoms with E-state index in [1.807, 2.05) is 6.92 Å². The Kier molecular flexibility index (Phi) is 5.70. The van der Waals surface area contributed by atoms with Gasteiger partial charge in [-0.05, 0) is 37.8 Å². The quantitative estimate of drug-likeness (QED) is 0.315. The number of benzene rings is 2. The van der Waals surface area contributed by atoms with Gasteiger partial charge in [-0.1, -0.05) is 25.1 Å². The van der Waals surface area contributed by atoms with Crippen molar-refractivity contribution in [1.29, 1.82) is 0 Å². The van der Waals surface area contributed by atoms with E-state index in [9.17, 15) is 23.6 Å². The summed E-state index contributed by atoms with van der Waals surface area (Å²) in [5, 5.41) is 30.3. The Morgan fingerprint density at radius 2 is 1.94 bits per heavy atom. The number of non-ortho nitro benzene ring substituents is 1. The average Bonchev–Trinajstić information content (AvgIpc) is 3.06. The van der Waals surface area contributed by atoms with Crippen molar-refractivity contribution >= 4 is 38.0 Å². The number of piperidine rings is 1. The van der Waals surface area contributed by atoms with E-state index in [2.05, 4.69) is 22.1 Å². The van der Waals surface area contributed by atoms with Crippen molar-refractivity contribution < 1.29 is 18.4 Å². The summed E-state index contributed by atoms with van der Waals surface area (Å²) in [5.41, 5.74) is 0.413. The average molecular weight is 458 g/mol. The molecule has 0 spiro atoms. The number of aromatic nitrogens is 1. The van der Waals surface area contributed by atoms with E-state index >= 15 is 0 Å². The first kappa shape index (κ1) is 21.9. The standard InChI is InChI=1S/C21H23N5O5S/c1-13-9-10-25(14(2)11-13)32(30,31)19-12-15(26(28)29)7-8-18(19)23-24-20-16-5-3-4-6-17(16)22-21(20)27/h3-8,12-14,22,27H,9-11H2,1-2H3/t13-,14+/m1/s1. The van der Waals surface area contributed by atoms with Crippen LogP contribution in [-0.4, -0.2) is 40.3 Å². The first-order valence-corrected chi connectivity index (χ1v) is 11.6. The summed E-state index contributed by atoms with van der Waals surface area (Å²) < 4.78 is 28.3. The van der Waals surface area contributed by atoms with Crippen molar-refractivity contribution in [2.24, 2.45) is 16.1 Å². The van der Waals surface area contributed by atoms with Crippen LogP contribution >= 0.6 is 0 Å². The van der Waals surface area contributed by atoms with Gasteiger partial charge in [0.2, 0.25) is 15.9 Å². The third kappa shape index (κ3) is 3.96. The Hall–Kier alpha value is -3.31. The predicted octanol–water partition coefficient (Wildman–Crippen LogP) is 5.01. The summed E-state index contributed by atoms with van der Waals surface area (Å²) in [6, 6.07) is 10.3. The Labute approximate surface area is 184 Å². The van der Waals surface area contributed by atoms with Gasteiger partial charge in [-0.25, -0.2) is 8.42 Å². The lowest BCUT2D eigenvalue weighted by atomic mass is 9.95. The van der Waals surface area contributed by atoms with Gasteiger partial charge in [0.1, 0.15) is 10.6 Å². The number of fused-ring (bicyclic) bond motifs is 1. The van der Waals surface area contributed by atoms with Crippen LogP contribution in [0.25, 0.3) is 10.9 Å². The monoisotopic (exact) mass is 457 g/mol. The van der Waals surface area contributed by atoms with Gasteiger partial charge in [-0.2, -0.15) is 4.31 Å². The number of hydrogen-bond acceptors (Lipinski definition) is 7. The summed E-state index contributed by atoms with van der Waals surface area (Å²) in [7, 11) is -4.06. The lowest BCUT2D eigenvalue weighted by Crippen LogP contribution is -2.44. The highest BCUT2D eigenvalue weighted by Crippen LogP contribution is 2.39. The van der Waals surface area contributed by atoms with Gasteiger partial charge >= 0.3 is 0 Å². The highest BCUT2D eigenvalue weighted by molar-refractivity contribution is 7.89. The fourth-order valence-electron chi connectivity index (χ4n) is 4.09. The molecule has 2 atom stereocenters. The number of nitro benzene ring substituents is 1. The van der Waals surface area contributed by atoms with Crippen LogP contribution < -0.4 is 0 Å². The fourth-order valence-corrected chi connectivity index (χ4v) is 5.89. The Bertz CT molecular complexity index is 1320. The Morgan fingerprint density at radius 3 is 2.66 bits per heavy atom. The minimum atomic E-state index is -4.06. The number of aromatic amines is 1. The maximum Gasteiger partial charge on any atom is 0.270 e. The summed E-state index contributed by atoms with van der Waals surface area (Å²) >= 11 is 0. The predicted molar refractivity (Wildman–Crippen MR) is 119 cm³/mol. The maximum absolute atomic E-state index is 13.5. The molecule has 1 saturated heterocycles. The molecule has 2 N–H and O–H groups in total. The van der Waals surface area contributed by atoms with E-state index in [1.54, 1.807) is 24.3 Å². The number of aromatic hydroxyl groups is 1. The normalized spacial score (nSPS) is 20.2. The van der Waals surface area contributed by atoms with Crippen LogP contribution in [0.2, 0.25) is 0 Å². The van der Waals surface area contributed by atoms with Crippen LogP contribution in [0.4, 0.5) is 17.1 Å². The second-order valence-corrected chi connectivity index (χ2v) is 9.93. The van der Waals surface area contributed by atoms with Crippen molar-refractivity contribution in [3.63, 3.8) is 0 Å². The zero-order valence-corrected chi connectivity index (χ0v) is 18.4. The SMILES string of the molecule is C[C@@H]1CCN(S(=O)(=O)c2cc([N+](=O)[O-])ccc2N=Nc2c(O)[nH]c3ccccc23)[C@@H](C)C1. The molecule has 10 nitrogen and oxygen atoms in total. The minimum Gasteiger partial charge on any atom is -0.493 e. The zero-order valence-electron chi connectivity index (χ0n) is 17.6. The first-order chi connectivity index (χ1) is 15.2. The van der Waals surface area contributed by atoms with Crippen molar-refractivity contribution in [2.45, 2.75) is 37.6 Å². The molecule has 1 aromatic heterocycles. The second-order valence-electron chi connectivity index (χ2n) is 8.07. The number of nitrogens with zero attached hydrogens (tertiary/aromatic N) is 4. The first-order valence-electron chi connectivity index (χ1n) is 10.2. The van der Waals surface area contributed by atoms with Gasteiger partial charge in [0.15, 0.2) is 5.69 Å². The molecule has 0 aliphatic carbocycles. The van der Waals surface area contributed by atoms with Crippen molar-refractivity contribution in [2.75, 3.05) is 6.54 Å². The minimum absolute atomic E-state index is 0.0360. The number of hydrogen-bond donors (Lipinski definition) is 2. The molecule has 0 saturated carbocycles. The maximum atomic E-state index is 13.5. The van der Waals surface area contributed by atoms with Crippen LogP contribution in [0.3, 0.4) is 0 Å². The summed E-state index contributed by atoms with van der Waals surface area (Å²) in [4.78, 5) is 13.2. The third-order valence-electron chi connectivity index (χ3n) is 5.74. The smallest absolute Gasteiger partial charge is 0.270 e. The highest BCUT2D eigenvalue weighted by atomic mass is 32.2. The Balaban J connectivity index is 1.80. The topological polar surface area (TPSA) is 141 Å². The lowest BCUT2D eigenvalue weighted by Gasteiger charge is -2.35. The summed E-state index contributed by atoms with van der Waals surface area (Å²) in [6.07, 6.45) is 1.41. The number of H-pyrrole nitrogens is 1. The van der Waals surface area contributed by atoms with Crippen molar-refractivity contribution in [3.05, 3.63) is 52.6 Å². The lowest BCUT2D eigenvalue weighted by molar-refractivity contribution is -0.385. The number of nitrogens with one attached hydrogen (secondary N) is 1. The van der Waals surface area contributed by atoms with Crippen molar-refractivity contribution in [1.82, 2.24) is 9.29 Å². The summed E-state index contributed by atoms with van der Waals surface area (Å²) in [5.74, 6) is 0.186. The molecule has 2 aromatic carbocycles. The van der Waals surface area contributed by atoms with Crippen molar-refractivity contribution in [3.8, 4) is 5.88 Å². The van der Waals surface area contributed by atoms with E-state index < -0.39 is 14.9 Å². The van der Waals surface area contributed by atoms with Crippen LogP contribution in [-0.2, 0) is 10.0 Å². The van der Waals surface area contributed by atoms with E-state index in [1.165, 1.54) is 16.4 Å². The van der Waals surface area contributed by atoms with E-state index in [0.29, 0.717) is 36.2 Å². The molecule has 1 aliphatic rings. The molecular formula is C21H23N5O5S. The van der Waals surface area contributed by atoms with Gasteiger partial charge < -0.3 is 10.1 Å². The van der Waals surface area contributed by atoms with Gasteiger partial charge in [0, 0.05) is 30.1 Å². The number of azo groups is 1. The van der Waals surface area contributed by atoms with Gasteiger partial charge in [-0.3, -0.25) is 10.1 Å². The highest BCUT2D eigenvalue weighted by Gasteiger charge is 2.35. The third-order valence-corrected chi connectivity index (χ3v) is 7.78. The number of para-hydroxylation sites is 1. The molecule has 0 unspecified atom stereocenters. The molecule has 11 heteroatoms. The molecule has 0 radical (unpaired) electrons. The molecule has 3 aromatic rings. The van der Waals surface area contributed by atoms with Crippen LogP contribution in [0.1, 0.15) is 26.7 Å². The Morgan fingerprint density at radius 1 is 1.19 bits per heavy atom. The largest absolute Gasteiger partial charge is 0.493 e. The number of nitro groups is 1. The molecule has 0 bridgehead atoms. The van der Waals surface area contributed by atoms with Crippen LogP contribution in [0.15, 0.2) is 57.6 Å². The number of rotatable bonds is 5. The molecule has 1 fully saturated rings. The number of sulfonamides is 1. The molecule has 2 heterocycles. The molecule has 32 heavy (non-hydrogen) atoms. The summed E-state index contributed by atoms with van der Waals surface area (Å²) in [6.45, 7) is 4.23. The fraction of sp³-hybridized carbons (Fsp3) is 0.333. The van der Waals surface area contributed by atoms with Gasteiger partial charge in [0.05, 0.1) is 10.4 Å². The van der Waals surface area contributed by atoms with E-state index in [0.717, 1.165) is 6.07 Å². The van der Waals surface area contributed by atoms with Gasteiger partial charge in [-0.15, -0.1) is 10.2 Å². The van der Waals surface area contributed by atoms with E-state index in [4.69, 9.17) is 0 Å². The van der Waals surface area contributed by atoms with E-state index in [-0.39, 0.29) is 33.9 Å². The molecule has 1 aliphatic heterocycles. The molecule has 168 valence electrons. The molecular weight excluding hydrogens is 434 g/mol. The molecule has 4 rings (SSSR count). The molecule has 0 amide bonds. The van der Waals surface area contributed by atoms with Crippen LogP contribution in [0.5, 0.6) is 5.88 Å². The van der Waals surface area contributed by atoms with Gasteiger partial charge in [0.25, 0.3) is 5.69 Å². The second kappa shape index (κ2) is 8.32. The van der Waals surface area contributed by atoms with Crippen LogP contribution in [0, 0.1) is 16.0 Å². The zero-order chi connectivity index (χ0) is 23.0.